The first-order chi connectivity index (χ1) is 6.74. The predicted octanol–water partition coefficient (Wildman–Crippen LogP) is 4.07. The quantitative estimate of drug-likeness (QED) is 0.617. The normalized spacial score (nSPS) is 12.5. The van der Waals surface area contributed by atoms with E-state index in [0.717, 1.165) is 18.8 Å². The van der Waals surface area contributed by atoms with Gasteiger partial charge in [-0.3, -0.25) is 4.79 Å². The minimum absolute atomic E-state index is 0.308. The maximum absolute atomic E-state index is 10.7. The van der Waals surface area contributed by atoms with Crippen molar-refractivity contribution in [2.24, 2.45) is 5.92 Å². The Bertz CT molecular complexity index is 148. The van der Waals surface area contributed by atoms with E-state index >= 15 is 0 Å². The lowest BCUT2D eigenvalue weighted by Gasteiger charge is -2.13. The van der Waals surface area contributed by atoms with E-state index in [4.69, 9.17) is 11.9 Å². The van der Waals surface area contributed by atoms with Crippen molar-refractivity contribution in [3.63, 3.8) is 0 Å². The van der Waals surface area contributed by atoms with Crippen LogP contribution in [0, 0.1) is 5.92 Å². The van der Waals surface area contributed by atoms with Gasteiger partial charge >= 0.3 is 5.97 Å². The molecule has 0 aromatic heterocycles. The summed E-state index contributed by atoms with van der Waals surface area (Å²) < 4.78 is 4.08. The number of rotatable bonds is 8. The average Bonchev–Trinajstić information content (AvgIpc) is 2.22. The summed E-state index contributed by atoms with van der Waals surface area (Å²) in [5, 5.41) is 0. The molecule has 1 unspecified atom stereocenters. The van der Waals surface area contributed by atoms with Crippen LogP contribution in [0.2, 0.25) is 0 Å². The van der Waals surface area contributed by atoms with Gasteiger partial charge in [0.15, 0.2) is 0 Å². The molecule has 0 aromatic carbocycles. The zero-order valence-corrected chi connectivity index (χ0v) is 9.98. The van der Waals surface area contributed by atoms with E-state index < -0.39 is 0 Å². The number of hydrogen-bond donors (Lipinski definition) is 0. The highest BCUT2D eigenvalue weighted by Gasteiger charge is 2.07. The van der Waals surface area contributed by atoms with Crippen molar-refractivity contribution in [2.75, 3.05) is 0 Å². The van der Waals surface area contributed by atoms with E-state index in [1.54, 1.807) is 0 Å². The summed E-state index contributed by atoms with van der Waals surface area (Å²) in [7, 11) is 0. The molecule has 0 bridgehead atoms. The smallest absolute Gasteiger partial charge is 0.324 e. The van der Waals surface area contributed by atoms with Crippen molar-refractivity contribution in [1.82, 2.24) is 0 Å². The fraction of sp³-hybridized carbons (Fsp3) is 0.909. The highest BCUT2D eigenvalue weighted by molar-refractivity contribution is 6.13. The number of hydrogen-bond acceptors (Lipinski definition) is 2. The summed E-state index contributed by atoms with van der Waals surface area (Å²) in [4.78, 5) is 10.7. The first kappa shape index (κ1) is 13.8. The third-order valence-corrected chi connectivity index (χ3v) is 2.79. The van der Waals surface area contributed by atoms with Crippen LogP contribution in [0.25, 0.3) is 0 Å². The van der Waals surface area contributed by atoms with Gasteiger partial charge in [-0.1, -0.05) is 39.5 Å². The zero-order valence-electron chi connectivity index (χ0n) is 9.22. The Morgan fingerprint density at radius 1 is 1.29 bits per heavy atom. The van der Waals surface area contributed by atoms with Gasteiger partial charge in [-0.05, 0) is 18.8 Å². The van der Waals surface area contributed by atoms with Crippen LogP contribution in [0.4, 0.5) is 0 Å². The monoisotopic (exact) mass is 220 g/mol. The topological polar surface area (TPSA) is 26.3 Å². The molecule has 1 atom stereocenters. The van der Waals surface area contributed by atoms with Crippen molar-refractivity contribution < 1.29 is 9.08 Å². The van der Waals surface area contributed by atoms with E-state index in [2.05, 4.69) is 18.1 Å². The molecule has 0 heterocycles. The number of carbonyl (C=O) groups excluding carboxylic acids is 1. The number of halogens is 1. The molecule has 0 amide bonds. The van der Waals surface area contributed by atoms with Crippen LogP contribution in [0.5, 0.6) is 0 Å². The maximum atomic E-state index is 10.7. The molecular formula is C11H21ClO2. The summed E-state index contributed by atoms with van der Waals surface area (Å²) in [6.07, 6.45) is 7.49. The van der Waals surface area contributed by atoms with Crippen LogP contribution in [-0.2, 0) is 9.08 Å². The predicted molar refractivity (Wildman–Crippen MR) is 59.1 cm³/mol. The summed E-state index contributed by atoms with van der Waals surface area (Å²) in [6.45, 7) is 4.41. The van der Waals surface area contributed by atoms with Gasteiger partial charge in [-0.25, -0.2) is 0 Å². The van der Waals surface area contributed by atoms with Gasteiger partial charge in [0.1, 0.15) is 11.9 Å². The minimum atomic E-state index is -0.308. The molecule has 84 valence electrons. The van der Waals surface area contributed by atoms with E-state index in [1.807, 2.05) is 0 Å². The van der Waals surface area contributed by atoms with Crippen LogP contribution in [0.15, 0.2) is 0 Å². The highest BCUT2D eigenvalue weighted by Crippen LogP contribution is 2.19. The molecule has 2 nitrogen and oxygen atoms in total. The van der Waals surface area contributed by atoms with E-state index in [9.17, 15) is 4.79 Å². The SMILES string of the molecule is CCCCC(CC)CCCC(=O)OCl. The second-order valence-corrected chi connectivity index (χ2v) is 3.91. The van der Waals surface area contributed by atoms with E-state index in [1.165, 1.54) is 25.7 Å². The van der Waals surface area contributed by atoms with Gasteiger partial charge < -0.3 is 4.29 Å². The van der Waals surface area contributed by atoms with Crippen LogP contribution in [-0.4, -0.2) is 5.97 Å². The van der Waals surface area contributed by atoms with Crippen molar-refractivity contribution in [1.29, 1.82) is 0 Å². The van der Waals surface area contributed by atoms with Crippen molar-refractivity contribution in [3.8, 4) is 0 Å². The fourth-order valence-electron chi connectivity index (χ4n) is 1.62. The molecule has 0 spiro atoms. The Balaban J connectivity index is 3.46. The molecule has 0 aliphatic heterocycles. The van der Waals surface area contributed by atoms with E-state index in [0.29, 0.717) is 6.42 Å². The summed E-state index contributed by atoms with van der Waals surface area (Å²) in [5.41, 5.74) is 0. The van der Waals surface area contributed by atoms with Gasteiger partial charge in [-0.15, -0.1) is 0 Å². The summed E-state index contributed by atoms with van der Waals surface area (Å²) in [5.74, 6) is 0.454. The summed E-state index contributed by atoms with van der Waals surface area (Å²) >= 11 is 4.94. The lowest BCUT2D eigenvalue weighted by molar-refractivity contribution is -0.134. The number of unbranched alkanes of at least 4 members (excludes halogenated alkanes) is 1. The number of carbonyl (C=O) groups is 1. The average molecular weight is 221 g/mol. The van der Waals surface area contributed by atoms with Gasteiger partial charge in [0.05, 0.1) is 0 Å². The Labute approximate surface area is 92.1 Å². The van der Waals surface area contributed by atoms with Crippen LogP contribution in [0.1, 0.15) is 58.8 Å². The van der Waals surface area contributed by atoms with Crippen LogP contribution >= 0.6 is 11.9 Å². The molecule has 0 aliphatic carbocycles. The first-order valence-corrected chi connectivity index (χ1v) is 5.86. The molecule has 0 fully saturated rings. The molecule has 0 rings (SSSR count). The molecule has 0 aliphatic rings. The molecule has 0 radical (unpaired) electrons. The molecule has 0 N–H and O–H groups in total. The largest absolute Gasteiger partial charge is 0.348 e. The fourth-order valence-corrected chi connectivity index (χ4v) is 1.70. The molecule has 0 aromatic rings. The molecule has 0 saturated heterocycles. The highest BCUT2D eigenvalue weighted by atomic mass is 35.5. The van der Waals surface area contributed by atoms with Crippen LogP contribution < -0.4 is 0 Å². The summed E-state index contributed by atoms with van der Waals surface area (Å²) in [6, 6.07) is 0. The maximum Gasteiger partial charge on any atom is 0.324 e. The van der Waals surface area contributed by atoms with Crippen molar-refractivity contribution in [2.45, 2.75) is 58.8 Å². The molecular weight excluding hydrogens is 200 g/mol. The standard InChI is InChI=1S/C11H21ClO2/c1-3-5-7-10(4-2)8-6-9-11(13)14-12/h10H,3-9H2,1-2H3. The van der Waals surface area contributed by atoms with E-state index in [-0.39, 0.29) is 5.97 Å². The third kappa shape index (κ3) is 7.19. The lowest BCUT2D eigenvalue weighted by atomic mass is 9.94. The third-order valence-electron chi connectivity index (χ3n) is 2.62. The Morgan fingerprint density at radius 3 is 2.43 bits per heavy atom. The second kappa shape index (κ2) is 9.32. The van der Waals surface area contributed by atoms with Gasteiger partial charge in [0.25, 0.3) is 0 Å². The molecule has 14 heavy (non-hydrogen) atoms. The van der Waals surface area contributed by atoms with Crippen LogP contribution in [0.3, 0.4) is 0 Å². The molecule has 3 heteroatoms. The van der Waals surface area contributed by atoms with Crippen molar-refractivity contribution >= 4 is 17.8 Å². The Morgan fingerprint density at radius 2 is 1.93 bits per heavy atom. The van der Waals surface area contributed by atoms with Gasteiger partial charge in [-0.2, -0.15) is 0 Å². The second-order valence-electron chi connectivity index (χ2n) is 3.76. The molecule has 0 saturated carbocycles. The Hall–Kier alpha value is -0.240. The first-order valence-electron chi connectivity index (χ1n) is 5.56. The van der Waals surface area contributed by atoms with Crippen molar-refractivity contribution in [3.05, 3.63) is 0 Å². The van der Waals surface area contributed by atoms with Gasteiger partial charge in [0, 0.05) is 6.42 Å². The van der Waals surface area contributed by atoms with Gasteiger partial charge in [0.2, 0.25) is 0 Å². The minimum Gasteiger partial charge on any atom is -0.348 e. The lowest BCUT2D eigenvalue weighted by Crippen LogP contribution is -2.02. The zero-order chi connectivity index (χ0) is 10.8. The Kier molecular flexibility index (Phi) is 9.16.